The normalized spacial score (nSPS) is 24.9. The van der Waals surface area contributed by atoms with Crippen molar-refractivity contribution in [3.63, 3.8) is 0 Å². The third-order valence-corrected chi connectivity index (χ3v) is 2.23. The van der Waals surface area contributed by atoms with E-state index in [-0.39, 0.29) is 5.78 Å². The van der Waals surface area contributed by atoms with E-state index in [0.717, 1.165) is 5.57 Å². The third kappa shape index (κ3) is 2.78. The van der Waals surface area contributed by atoms with Gasteiger partial charge in [-0.15, -0.1) is 0 Å². The van der Waals surface area contributed by atoms with Crippen molar-refractivity contribution in [1.29, 1.82) is 0 Å². The van der Waals surface area contributed by atoms with E-state index in [4.69, 9.17) is 9.47 Å². The maximum Gasteiger partial charge on any atom is 0.254 e. The molecular formula is C13H16O3. The van der Waals surface area contributed by atoms with E-state index in [2.05, 4.69) is 6.58 Å². The van der Waals surface area contributed by atoms with Crippen molar-refractivity contribution in [3.05, 3.63) is 48.6 Å². The lowest BCUT2D eigenvalue weighted by Gasteiger charge is -2.28. The molecule has 1 unspecified atom stereocenters. The minimum atomic E-state index is -1.27. The van der Waals surface area contributed by atoms with Crippen molar-refractivity contribution in [2.75, 3.05) is 13.7 Å². The van der Waals surface area contributed by atoms with Crippen LogP contribution < -0.4 is 0 Å². The highest BCUT2D eigenvalue weighted by molar-refractivity contribution is 5.99. The summed E-state index contributed by atoms with van der Waals surface area (Å²) in [6, 6.07) is 0. The van der Waals surface area contributed by atoms with Crippen molar-refractivity contribution >= 4 is 5.78 Å². The maximum absolute atomic E-state index is 11.7. The second kappa shape index (κ2) is 5.58. The van der Waals surface area contributed by atoms with Crippen LogP contribution in [0, 0.1) is 0 Å². The van der Waals surface area contributed by atoms with Gasteiger partial charge in [-0.25, -0.2) is 0 Å². The van der Waals surface area contributed by atoms with Gasteiger partial charge in [-0.3, -0.25) is 4.79 Å². The molecule has 0 aromatic carbocycles. The molecule has 1 aliphatic rings. The Morgan fingerprint density at radius 3 is 2.88 bits per heavy atom. The van der Waals surface area contributed by atoms with Gasteiger partial charge in [-0.05, 0) is 24.6 Å². The molecule has 3 heteroatoms. The molecule has 1 atom stereocenters. The number of hydrogen-bond acceptors (Lipinski definition) is 3. The summed E-state index contributed by atoms with van der Waals surface area (Å²) in [7, 11) is 1.46. The Labute approximate surface area is 95.7 Å². The molecule has 0 amide bonds. The fraction of sp³-hybridized carbons (Fsp3) is 0.308. The zero-order chi connectivity index (χ0) is 12.0. The second-order valence-corrected chi connectivity index (χ2v) is 3.43. The van der Waals surface area contributed by atoms with Crippen LogP contribution >= 0.6 is 0 Å². The molecule has 0 heterocycles. The molecule has 16 heavy (non-hydrogen) atoms. The Kier molecular flexibility index (Phi) is 4.40. The van der Waals surface area contributed by atoms with Crippen LogP contribution in [-0.4, -0.2) is 25.3 Å². The van der Waals surface area contributed by atoms with Gasteiger partial charge in [0.25, 0.3) is 5.79 Å². The van der Waals surface area contributed by atoms with Gasteiger partial charge < -0.3 is 9.47 Å². The molecular weight excluding hydrogens is 204 g/mol. The number of allylic oxidation sites excluding steroid dienone is 4. The Balaban J connectivity index is 2.77. The molecule has 0 saturated heterocycles. The molecule has 0 aromatic heterocycles. The number of methoxy groups -OCH3 is 1. The molecule has 0 bridgehead atoms. The van der Waals surface area contributed by atoms with Gasteiger partial charge >= 0.3 is 0 Å². The van der Waals surface area contributed by atoms with Gasteiger partial charge in [-0.2, -0.15) is 0 Å². The molecule has 86 valence electrons. The summed E-state index contributed by atoms with van der Waals surface area (Å²) in [5, 5.41) is 0. The van der Waals surface area contributed by atoms with E-state index < -0.39 is 5.79 Å². The van der Waals surface area contributed by atoms with Crippen LogP contribution in [0.1, 0.15) is 6.92 Å². The zero-order valence-electron chi connectivity index (χ0n) is 9.60. The second-order valence-electron chi connectivity index (χ2n) is 3.43. The van der Waals surface area contributed by atoms with Gasteiger partial charge in [0.1, 0.15) is 0 Å². The predicted octanol–water partition coefficient (Wildman–Crippen LogP) is 2.17. The molecule has 0 aromatic rings. The maximum atomic E-state index is 11.7. The number of carbonyl (C=O) groups excluding carboxylic acids is 1. The van der Waals surface area contributed by atoms with Crippen molar-refractivity contribution in [2.45, 2.75) is 12.7 Å². The van der Waals surface area contributed by atoms with Crippen molar-refractivity contribution in [3.8, 4) is 0 Å². The molecule has 3 nitrogen and oxygen atoms in total. The van der Waals surface area contributed by atoms with Gasteiger partial charge in [0, 0.05) is 7.11 Å². The van der Waals surface area contributed by atoms with Crippen LogP contribution in [0.15, 0.2) is 48.6 Å². The summed E-state index contributed by atoms with van der Waals surface area (Å²) in [4.78, 5) is 11.7. The fourth-order valence-corrected chi connectivity index (χ4v) is 1.40. The number of hydrogen-bond donors (Lipinski definition) is 0. The van der Waals surface area contributed by atoms with E-state index in [0.29, 0.717) is 6.61 Å². The van der Waals surface area contributed by atoms with Crippen molar-refractivity contribution in [2.24, 2.45) is 0 Å². The number of ketones is 1. The standard InChI is InChI=1S/C13H16O3/c1-4-5-6-9-16-13(15-3)10-11(2)7-8-12(13)14/h4-8,10H,1,9H2,2-3H3/b6-5+. The molecule has 1 rings (SSSR count). The first-order valence-electron chi connectivity index (χ1n) is 5.03. The lowest BCUT2D eigenvalue weighted by atomic mass is 10.0. The average molecular weight is 220 g/mol. The predicted molar refractivity (Wildman–Crippen MR) is 62.9 cm³/mol. The minimum Gasteiger partial charge on any atom is -0.344 e. The third-order valence-electron chi connectivity index (χ3n) is 2.23. The Morgan fingerprint density at radius 1 is 1.50 bits per heavy atom. The Morgan fingerprint density at radius 2 is 2.25 bits per heavy atom. The number of carbonyl (C=O) groups is 1. The lowest BCUT2D eigenvalue weighted by Crippen LogP contribution is -2.42. The lowest BCUT2D eigenvalue weighted by molar-refractivity contribution is -0.187. The monoisotopic (exact) mass is 220 g/mol. The van der Waals surface area contributed by atoms with Gasteiger partial charge in [-0.1, -0.05) is 30.9 Å². The molecule has 1 aliphatic carbocycles. The van der Waals surface area contributed by atoms with Crippen molar-refractivity contribution in [1.82, 2.24) is 0 Å². The molecule has 0 saturated carbocycles. The topological polar surface area (TPSA) is 35.5 Å². The minimum absolute atomic E-state index is 0.201. The number of ether oxygens (including phenoxy) is 2. The van der Waals surface area contributed by atoms with Crippen LogP contribution in [0.2, 0.25) is 0 Å². The average Bonchev–Trinajstić information content (AvgIpc) is 2.29. The largest absolute Gasteiger partial charge is 0.344 e. The van der Waals surface area contributed by atoms with E-state index in [1.54, 1.807) is 30.4 Å². The highest BCUT2D eigenvalue weighted by Crippen LogP contribution is 2.23. The summed E-state index contributed by atoms with van der Waals surface area (Å²) < 4.78 is 10.7. The first-order chi connectivity index (χ1) is 7.64. The first kappa shape index (κ1) is 12.6. The highest BCUT2D eigenvalue weighted by Gasteiger charge is 2.37. The van der Waals surface area contributed by atoms with Gasteiger partial charge in [0.05, 0.1) is 6.61 Å². The summed E-state index contributed by atoms with van der Waals surface area (Å²) in [5.74, 6) is -1.47. The van der Waals surface area contributed by atoms with Gasteiger partial charge in [0.2, 0.25) is 5.78 Å². The SMILES string of the molecule is C=C/C=C/COC1(OC)C=C(C)C=CC1=O. The Hall–Kier alpha value is -1.45. The molecule has 0 spiro atoms. The van der Waals surface area contributed by atoms with Crippen LogP contribution in [0.25, 0.3) is 0 Å². The van der Waals surface area contributed by atoms with E-state index >= 15 is 0 Å². The Bertz CT molecular complexity index is 363. The summed E-state index contributed by atoms with van der Waals surface area (Å²) in [6.07, 6.45) is 10.0. The van der Waals surface area contributed by atoms with Crippen LogP contribution in [0.5, 0.6) is 0 Å². The van der Waals surface area contributed by atoms with Crippen LogP contribution in [-0.2, 0) is 14.3 Å². The highest BCUT2D eigenvalue weighted by atomic mass is 16.7. The number of rotatable bonds is 5. The van der Waals surface area contributed by atoms with Crippen LogP contribution in [0.3, 0.4) is 0 Å². The smallest absolute Gasteiger partial charge is 0.254 e. The summed E-state index contributed by atoms with van der Waals surface area (Å²) >= 11 is 0. The molecule has 0 N–H and O–H groups in total. The summed E-state index contributed by atoms with van der Waals surface area (Å²) in [5.41, 5.74) is 0.939. The van der Waals surface area contributed by atoms with Gasteiger partial charge in [0.15, 0.2) is 0 Å². The molecule has 0 radical (unpaired) electrons. The summed E-state index contributed by atoms with van der Waals surface area (Å²) in [6.45, 7) is 5.73. The van der Waals surface area contributed by atoms with E-state index in [1.165, 1.54) is 13.2 Å². The van der Waals surface area contributed by atoms with Crippen molar-refractivity contribution < 1.29 is 14.3 Å². The molecule has 0 aliphatic heterocycles. The quantitative estimate of drug-likeness (QED) is 0.526. The zero-order valence-corrected chi connectivity index (χ0v) is 9.60. The van der Waals surface area contributed by atoms with E-state index in [9.17, 15) is 4.79 Å². The van der Waals surface area contributed by atoms with E-state index in [1.807, 2.05) is 6.92 Å². The van der Waals surface area contributed by atoms with Crippen LogP contribution in [0.4, 0.5) is 0 Å². The molecule has 0 fully saturated rings. The fourth-order valence-electron chi connectivity index (χ4n) is 1.40. The first-order valence-corrected chi connectivity index (χ1v) is 5.03.